The van der Waals surface area contributed by atoms with Crippen LogP contribution >= 0.6 is 11.6 Å². The molecule has 2 saturated carbocycles. The number of rotatable bonds is 4. The summed E-state index contributed by atoms with van der Waals surface area (Å²) in [5.74, 6) is 4.26. The second-order valence-corrected chi connectivity index (χ2v) is 10.8. The number of aliphatic hydroxyl groups is 1. The van der Waals surface area contributed by atoms with Crippen molar-refractivity contribution in [2.45, 2.75) is 35.6 Å². The van der Waals surface area contributed by atoms with E-state index in [-0.39, 0.29) is 12.1 Å². The fraction of sp³-hybridized carbons (Fsp3) is 0.600. The van der Waals surface area contributed by atoms with Crippen LogP contribution in [0.4, 0.5) is 11.8 Å². The summed E-state index contributed by atoms with van der Waals surface area (Å²) < 4.78 is 12.6. The van der Waals surface area contributed by atoms with E-state index in [9.17, 15) is 9.32 Å². The Morgan fingerprint density at radius 1 is 1.17 bits per heavy atom. The molecule has 0 aromatic carbocycles. The molecule has 8 nitrogen and oxygen atoms in total. The van der Waals surface area contributed by atoms with E-state index in [4.69, 9.17) is 16.6 Å². The fourth-order valence-electron chi connectivity index (χ4n) is 5.38. The van der Waals surface area contributed by atoms with Crippen molar-refractivity contribution in [1.82, 2.24) is 19.9 Å². The topological polar surface area (TPSA) is 95.3 Å². The first kappa shape index (κ1) is 18.9. The predicted molar refractivity (Wildman–Crippen MR) is 113 cm³/mol. The molecule has 2 aromatic rings. The highest BCUT2D eigenvalue weighted by molar-refractivity contribution is 7.85. The zero-order valence-corrected chi connectivity index (χ0v) is 18.0. The highest BCUT2D eigenvalue weighted by Gasteiger charge is 2.58. The molecular weight excluding hydrogens is 424 g/mol. The molecule has 10 heteroatoms. The van der Waals surface area contributed by atoms with Crippen LogP contribution in [0, 0.1) is 11.8 Å². The van der Waals surface area contributed by atoms with Gasteiger partial charge in [0.2, 0.25) is 5.95 Å². The van der Waals surface area contributed by atoms with Gasteiger partial charge >= 0.3 is 0 Å². The van der Waals surface area contributed by atoms with Crippen molar-refractivity contribution in [2.24, 2.45) is 11.8 Å². The minimum Gasteiger partial charge on any atom is -0.394 e. The summed E-state index contributed by atoms with van der Waals surface area (Å²) in [5, 5.41) is 10.6. The van der Waals surface area contributed by atoms with Gasteiger partial charge in [-0.1, -0.05) is 11.6 Å². The number of halogens is 1. The van der Waals surface area contributed by atoms with E-state index in [1.54, 1.807) is 18.6 Å². The lowest BCUT2D eigenvalue weighted by Crippen LogP contribution is -2.59. The molecule has 3 atom stereocenters. The predicted octanol–water partition coefficient (Wildman–Crippen LogP) is 1.61. The summed E-state index contributed by atoms with van der Waals surface area (Å²) in [7, 11) is -1.09. The molecule has 2 aliphatic heterocycles. The van der Waals surface area contributed by atoms with E-state index in [2.05, 4.69) is 24.8 Å². The Bertz CT molecular complexity index is 999. The van der Waals surface area contributed by atoms with Gasteiger partial charge in [0, 0.05) is 43.7 Å². The number of aromatic nitrogens is 4. The van der Waals surface area contributed by atoms with Gasteiger partial charge in [0.25, 0.3) is 0 Å². The van der Waals surface area contributed by atoms with E-state index in [0.717, 1.165) is 44.0 Å². The van der Waals surface area contributed by atoms with Crippen molar-refractivity contribution < 1.29 is 9.32 Å². The molecule has 0 amide bonds. The highest BCUT2D eigenvalue weighted by atomic mass is 35.5. The molecule has 1 saturated heterocycles. The third-order valence-electron chi connectivity index (χ3n) is 7.29. The lowest BCUT2D eigenvalue weighted by atomic mass is 9.76. The summed E-state index contributed by atoms with van der Waals surface area (Å²) in [6, 6.07) is 0. The first-order chi connectivity index (χ1) is 14.6. The Balaban J connectivity index is 1.24. The first-order valence-corrected chi connectivity index (χ1v) is 12.2. The van der Waals surface area contributed by atoms with Crippen LogP contribution in [-0.2, 0) is 10.8 Å². The summed E-state index contributed by atoms with van der Waals surface area (Å²) in [4.78, 5) is 23.3. The Hall–Kier alpha value is -1.84. The Morgan fingerprint density at radius 3 is 2.53 bits per heavy atom. The molecule has 158 valence electrons. The number of aliphatic hydroxyl groups excluding tert-OH is 1. The molecule has 2 aromatic heterocycles. The maximum Gasteiger partial charge on any atom is 0.227 e. The fourth-order valence-corrected chi connectivity index (χ4v) is 6.57. The number of piperidine rings is 1. The van der Waals surface area contributed by atoms with Crippen LogP contribution in [0.1, 0.15) is 31.0 Å². The molecule has 4 aliphatic rings. The van der Waals surface area contributed by atoms with E-state index >= 15 is 0 Å². The average Bonchev–Trinajstić information content (AvgIpc) is 3.22. The van der Waals surface area contributed by atoms with Crippen LogP contribution in [0.15, 0.2) is 23.5 Å². The van der Waals surface area contributed by atoms with Gasteiger partial charge < -0.3 is 14.9 Å². The van der Waals surface area contributed by atoms with Crippen molar-refractivity contribution in [3.8, 4) is 0 Å². The molecule has 0 spiro atoms. The summed E-state index contributed by atoms with van der Waals surface area (Å²) in [6.45, 7) is 2.51. The van der Waals surface area contributed by atoms with Gasteiger partial charge in [0.15, 0.2) is 5.82 Å². The molecule has 2 aliphatic carbocycles. The number of hydrogen-bond acceptors (Lipinski definition) is 8. The highest BCUT2D eigenvalue weighted by Crippen LogP contribution is 2.57. The lowest BCUT2D eigenvalue weighted by Gasteiger charge is -2.51. The molecule has 3 fully saturated rings. The molecule has 3 unspecified atom stereocenters. The van der Waals surface area contributed by atoms with Crippen LogP contribution < -0.4 is 9.80 Å². The van der Waals surface area contributed by atoms with E-state index < -0.39 is 10.8 Å². The third kappa shape index (κ3) is 2.78. The Kier molecular flexibility index (Phi) is 4.30. The number of hydrogen-bond donors (Lipinski definition) is 1. The van der Waals surface area contributed by atoms with Gasteiger partial charge in [-0.15, -0.1) is 0 Å². The second kappa shape index (κ2) is 6.83. The maximum atomic E-state index is 12.6. The SMILES string of the molecule is O=S1CCN(C2(CO)CCC2)c2nc(N3CC4C(C3)C4c3ncc(Cl)cn3)ncc21. The summed E-state index contributed by atoms with van der Waals surface area (Å²) in [5.41, 5.74) is -0.255. The van der Waals surface area contributed by atoms with Gasteiger partial charge in [-0.2, -0.15) is 4.98 Å². The van der Waals surface area contributed by atoms with E-state index in [1.807, 2.05) is 0 Å². The molecule has 4 heterocycles. The standard InChI is InChI=1S/C20H23ClN6O2S/c21-12-6-22-17(23-7-12)16-13-9-26(10-14(13)16)19-24-8-15-18(25-19)27(4-5-30(15)29)20(11-28)2-1-3-20/h6-8,13-14,16,28H,1-5,9-11H2. The maximum absolute atomic E-state index is 12.6. The van der Waals surface area contributed by atoms with Gasteiger partial charge in [-0.25, -0.2) is 15.0 Å². The van der Waals surface area contributed by atoms with Crippen molar-refractivity contribution in [3.05, 3.63) is 29.4 Å². The molecule has 1 N–H and O–H groups in total. The Morgan fingerprint density at radius 2 is 1.90 bits per heavy atom. The van der Waals surface area contributed by atoms with Gasteiger partial charge in [0.05, 0.1) is 39.1 Å². The molecule has 6 rings (SSSR count). The molecular formula is C20H23ClN6O2S. The smallest absolute Gasteiger partial charge is 0.227 e. The second-order valence-electron chi connectivity index (χ2n) is 8.81. The zero-order chi connectivity index (χ0) is 20.5. The van der Waals surface area contributed by atoms with Crippen LogP contribution in [0.2, 0.25) is 5.02 Å². The van der Waals surface area contributed by atoms with Crippen molar-refractivity contribution in [3.63, 3.8) is 0 Å². The van der Waals surface area contributed by atoms with E-state index in [0.29, 0.717) is 45.9 Å². The van der Waals surface area contributed by atoms with Crippen molar-refractivity contribution in [2.75, 3.05) is 41.8 Å². The van der Waals surface area contributed by atoms with Crippen LogP contribution in [0.3, 0.4) is 0 Å². The summed E-state index contributed by atoms with van der Waals surface area (Å²) >= 11 is 5.91. The number of fused-ring (bicyclic) bond motifs is 2. The minimum absolute atomic E-state index is 0.106. The minimum atomic E-state index is -1.09. The molecule has 30 heavy (non-hydrogen) atoms. The summed E-state index contributed by atoms with van der Waals surface area (Å²) in [6.07, 6.45) is 8.06. The first-order valence-electron chi connectivity index (χ1n) is 10.5. The third-order valence-corrected chi connectivity index (χ3v) is 8.82. The lowest BCUT2D eigenvalue weighted by molar-refractivity contribution is 0.115. The van der Waals surface area contributed by atoms with E-state index in [1.165, 1.54) is 0 Å². The monoisotopic (exact) mass is 446 g/mol. The molecule has 0 bridgehead atoms. The van der Waals surface area contributed by atoms with Crippen molar-refractivity contribution >= 4 is 34.2 Å². The average molecular weight is 447 g/mol. The van der Waals surface area contributed by atoms with Crippen LogP contribution in [-0.4, -0.2) is 66.8 Å². The van der Waals surface area contributed by atoms with Gasteiger partial charge in [-0.05, 0) is 31.1 Å². The van der Waals surface area contributed by atoms with Crippen LogP contribution in [0.25, 0.3) is 0 Å². The Labute approximate surface area is 182 Å². The van der Waals surface area contributed by atoms with Crippen LogP contribution in [0.5, 0.6) is 0 Å². The molecule has 0 radical (unpaired) electrons. The number of anilines is 2. The normalized spacial score (nSPS) is 31.1. The largest absolute Gasteiger partial charge is 0.394 e. The van der Waals surface area contributed by atoms with Gasteiger partial charge in [-0.3, -0.25) is 4.21 Å². The van der Waals surface area contributed by atoms with Gasteiger partial charge in [0.1, 0.15) is 5.82 Å². The zero-order valence-electron chi connectivity index (χ0n) is 16.4. The number of nitrogens with zero attached hydrogens (tertiary/aromatic N) is 6. The van der Waals surface area contributed by atoms with Crippen molar-refractivity contribution in [1.29, 1.82) is 0 Å². The quantitative estimate of drug-likeness (QED) is 0.756.